The molecule has 5 heteroatoms. The summed E-state index contributed by atoms with van der Waals surface area (Å²) < 4.78 is 38.3. The van der Waals surface area contributed by atoms with Gasteiger partial charge < -0.3 is 10.4 Å². The third-order valence-corrected chi connectivity index (χ3v) is 1.84. The van der Waals surface area contributed by atoms with Crippen molar-refractivity contribution in [1.82, 2.24) is 5.32 Å². The molecular weight excluding hydrogens is 207 g/mol. The van der Waals surface area contributed by atoms with Crippen LogP contribution in [-0.2, 0) is 6.54 Å². The molecule has 1 aromatic rings. The summed E-state index contributed by atoms with van der Waals surface area (Å²) in [5.74, 6) is -3.08. The Morgan fingerprint density at radius 1 is 1.20 bits per heavy atom. The van der Waals surface area contributed by atoms with Crippen molar-refractivity contribution >= 4 is 0 Å². The highest BCUT2D eigenvalue weighted by molar-refractivity contribution is 5.19. The van der Waals surface area contributed by atoms with E-state index in [1.165, 1.54) is 0 Å². The molecular formula is C10H12F3NO. The first-order valence-corrected chi connectivity index (χ1v) is 4.53. The first-order chi connectivity index (χ1) is 7.00. The Kier molecular flexibility index (Phi) is 4.11. The first-order valence-electron chi connectivity index (χ1n) is 4.53. The van der Waals surface area contributed by atoms with E-state index in [1.54, 1.807) is 6.92 Å². The Morgan fingerprint density at radius 2 is 1.80 bits per heavy atom. The summed E-state index contributed by atoms with van der Waals surface area (Å²) >= 11 is 0. The zero-order valence-electron chi connectivity index (χ0n) is 8.23. The van der Waals surface area contributed by atoms with Crippen molar-refractivity contribution in [3.8, 4) is 0 Å². The fourth-order valence-electron chi connectivity index (χ4n) is 1.11. The Balaban J connectivity index is 2.65. The third-order valence-electron chi connectivity index (χ3n) is 1.84. The summed E-state index contributed by atoms with van der Waals surface area (Å²) in [6.45, 7) is 1.88. The number of rotatable bonds is 4. The van der Waals surface area contributed by atoms with Crippen molar-refractivity contribution in [3.63, 3.8) is 0 Å². The van der Waals surface area contributed by atoms with Gasteiger partial charge in [0.25, 0.3) is 0 Å². The lowest BCUT2D eigenvalue weighted by Crippen LogP contribution is -2.24. The topological polar surface area (TPSA) is 32.3 Å². The van der Waals surface area contributed by atoms with Gasteiger partial charge in [0.2, 0.25) is 0 Å². The summed E-state index contributed by atoms with van der Waals surface area (Å²) in [5, 5.41) is 11.6. The second-order valence-electron chi connectivity index (χ2n) is 3.34. The minimum Gasteiger partial charge on any atom is -0.392 e. The van der Waals surface area contributed by atoms with Crippen LogP contribution < -0.4 is 5.32 Å². The van der Waals surface area contributed by atoms with Crippen LogP contribution >= 0.6 is 0 Å². The normalized spacial score (nSPS) is 12.9. The van der Waals surface area contributed by atoms with Crippen LogP contribution in [0, 0.1) is 17.5 Å². The van der Waals surface area contributed by atoms with Crippen LogP contribution in [0.3, 0.4) is 0 Å². The van der Waals surface area contributed by atoms with Crippen LogP contribution in [-0.4, -0.2) is 17.8 Å². The lowest BCUT2D eigenvalue weighted by atomic mass is 10.2. The summed E-state index contributed by atoms with van der Waals surface area (Å²) in [5.41, 5.74) is 0.0366. The van der Waals surface area contributed by atoms with Gasteiger partial charge in [-0.15, -0.1) is 0 Å². The van der Waals surface area contributed by atoms with E-state index in [9.17, 15) is 13.2 Å². The molecule has 84 valence electrons. The van der Waals surface area contributed by atoms with Gasteiger partial charge in [-0.1, -0.05) is 0 Å². The number of halogens is 3. The second kappa shape index (κ2) is 5.14. The van der Waals surface area contributed by atoms with Gasteiger partial charge in [-0.2, -0.15) is 0 Å². The quantitative estimate of drug-likeness (QED) is 0.753. The number of nitrogens with one attached hydrogen (secondary N) is 1. The summed E-state index contributed by atoms with van der Waals surface area (Å²) in [6.07, 6.45) is -0.571. The van der Waals surface area contributed by atoms with E-state index in [4.69, 9.17) is 5.11 Å². The van der Waals surface area contributed by atoms with E-state index in [1.807, 2.05) is 0 Å². The maximum Gasteiger partial charge on any atom is 0.161 e. The predicted octanol–water partition coefficient (Wildman–Crippen LogP) is 1.57. The fraction of sp³-hybridized carbons (Fsp3) is 0.400. The Labute approximate surface area is 85.7 Å². The van der Waals surface area contributed by atoms with Crippen LogP contribution in [0.15, 0.2) is 12.1 Å². The van der Waals surface area contributed by atoms with E-state index in [-0.39, 0.29) is 18.7 Å². The standard InChI is InChI=1S/C10H12F3NO/c1-6(15)4-14-5-7-2-9(12)10(13)3-8(7)11/h2-3,6,14-15H,4-5H2,1H3/t6-/m0/s1. The number of benzene rings is 1. The molecule has 0 aliphatic heterocycles. The SMILES string of the molecule is C[C@H](O)CNCc1cc(F)c(F)cc1F. The molecule has 0 amide bonds. The minimum absolute atomic E-state index is 0.0366. The van der Waals surface area contributed by atoms with Crippen LogP contribution in [0.5, 0.6) is 0 Å². The first kappa shape index (κ1) is 12.0. The highest BCUT2D eigenvalue weighted by Crippen LogP contribution is 2.13. The van der Waals surface area contributed by atoms with Crippen molar-refractivity contribution in [2.45, 2.75) is 19.6 Å². The average Bonchev–Trinajstić information content (AvgIpc) is 2.13. The van der Waals surface area contributed by atoms with Gasteiger partial charge in [-0.25, -0.2) is 13.2 Å². The zero-order valence-corrected chi connectivity index (χ0v) is 8.23. The number of hydrogen-bond acceptors (Lipinski definition) is 2. The molecule has 1 aromatic carbocycles. The van der Waals surface area contributed by atoms with E-state index >= 15 is 0 Å². The molecule has 0 saturated carbocycles. The summed E-state index contributed by atoms with van der Waals surface area (Å²) in [4.78, 5) is 0. The maximum absolute atomic E-state index is 13.0. The molecule has 0 aliphatic rings. The van der Waals surface area contributed by atoms with Crippen LogP contribution in [0.4, 0.5) is 13.2 Å². The van der Waals surface area contributed by atoms with Gasteiger partial charge in [0.15, 0.2) is 11.6 Å². The molecule has 0 aliphatic carbocycles. The third kappa shape index (κ3) is 3.53. The van der Waals surface area contributed by atoms with Gasteiger partial charge in [-0.05, 0) is 13.0 Å². The zero-order chi connectivity index (χ0) is 11.4. The van der Waals surface area contributed by atoms with Gasteiger partial charge in [-0.3, -0.25) is 0 Å². The fourth-order valence-corrected chi connectivity index (χ4v) is 1.11. The smallest absolute Gasteiger partial charge is 0.161 e. The molecule has 0 heterocycles. The molecule has 0 unspecified atom stereocenters. The van der Waals surface area contributed by atoms with Gasteiger partial charge >= 0.3 is 0 Å². The highest BCUT2D eigenvalue weighted by atomic mass is 19.2. The molecule has 0 bridgehead atoms. The lowest BCUT2D eigenvalue weighted by molar-refractivity contribution is 0.190. The Morgan fingerprint density at radius 3 is 2.40 bits per heavy atom. The minimum atomic E-state index is -1.20. The Hall–Kier alpha value is -1.07. The van der Waals surface area contributed by atoms with Crippen LogP contribution in [0.2, 0.25) is 0 Å². The molecule has 0 saturated heterocycles. The molecule has 0 fully saturated rings. The van der Waals surface area contributed by atoms with E-state index in [2.05, 4.69) is 5.32 Å². The van der Waals surface area contributed by atoms with E-state index in [0.717, 1.165) is 6.07 Å². The maximum atomic E-state index is 13.0. The molecule has 15 heavy (non-hydrogen) atoms. The summed E-state index contributed by atoms with van der Waals surface area (Å²) in [6, 6.07) is 1.31. The van der Waals surface area contributed by atoms with Crippen molar-refractivity contribution < 1.29 is 18.3 Å². The molecule has 0 spiro atoms. The average molecular weight is 219 g/mol. The highest BCUT2D eigenvalue weighted by Gasteiger charge is 2.09. The molecule has 1 atom stereocenters. The molecule has 2 N–H and O–H groups in total. The molecule has 2 nitrogen and oxygen atoms in total. The van der Waals surface area contributed by atoms with Gasteiger partial charge in [0.1, 0.15) is 5.82 Å². The molecule has 1 rings (SSSR count). The van der Waals surface area contributed by atoms with Crippen LogP contribution in [0.25, 0.3) is 0 Å². The lowest BCUT2D eigenvalue weighted by Gasteiger charge is -2.08. The number of aliphatic hydroxyl groups is 1. The van der Waals surface area contributed by atoms with Crippen molar-refractivity contribution in [2.24, 2.45) is 0 Å². The van der Waals surface area contributed by atoms with Gasteiger partial charge in [0.05, 0.1) is 6.10 Å². The van der Waals surface area contributed by atoms with Crippen molar-refractivity contribution in [2.75, 3.05) is 6.54 Å². The Bertz CT molecular complexity index is 342. The predicted molar refractivity (Wildman–Crippen MR) is 49.7 cm³/mol. The van der Waals surface area contributed by atoms with Gasteiger partial charge in [0, 0.05) is 24.7 Å². The monoisotopic (exact) mass is 219 g/mol. The van der Waals surface area contributed by atoms with Crippen molar-refractivity contribution in [3.05, 3.63) is 35.1 Å². The number of hydrogen-bond donors (Lipinski definition) is 2. The van der Waals surface area contributed by atoms with Crippen molar-refractivity contribution in [1.29, 1.82) is 0 Å². The van der Waals surface area contributed by atoms with E-state index < -0.39 is 23.6 Å². The van der Waals surface area contributed by atoms with E-state index in [0.29, 0.717) is 6.07 Å². The van der Waals surface area contributed by atoms with Crippen LogP contribution in [0.1, 0.15) is 12.5 Å². The summed E-state index contributed by atoms with van der Waals surface area (Å²) in [7, 11) is 0. The molecule has 0 aromatic heterocycles. The number of aliphatic hydroxyl groups excluding tert-OH is 1. The molecule has 0 radical (unpaired) electrons. The largest absolute Gasteiger partial charge is 0.392 e. The second-order valence-corrected chi connectivity index (χ2v) is 3.34.